The average Bonchev–Trinajstić information content (AvgIpc) is 3.00. The van der Waals surface area contributed by atoms with Gasteiger partial charge < -0.3 is 20.4 Å². The van der Waals surface area contributed by atoms with Gasteiger partial charge >= 0.3 is 0 Å². The molecular weight excluding hydrogens is 266 g/mol. The van der Waals surface area contributed by atoms with Crippen molar-refractivity contribution in [2.24, 2.45) is 10.9 Å². The largest absolute Gasteiger partial charge is 0.409 e. The van der Waals surface area contributed by atoms with E-state index in [4.69, 9.17) is 10.9 Å². The van der Waals surface area contributed by atoms with Gasteiger partial charge in [-0.3, -0.25) is 0 Å². The molecule has 2 aromatic rings. The summed E-state index contributed by atoms with van der Waals surface area (Å²) in [6.07, 6.45) is 6.66. The summed E-state index contributed by atoms with van der Waals surface area (Å²) in [4.78, 5) is 6.28. The molecule has 3 N–H and O–H groups in total. The van der Waals surface area contributed by atoms with E-state index < -0.39 is 0 Å². The van der Waals surface area contributed by atoms with Crippen LogP contribution in [0.2, 0.25) is 0 Å². The summed E-state index contributed by atoms with van der Waals surface area (Å²) in [5, 5.41) is 11.7. The Balaban J connectivity index is 1.83. The van der Waals surface area contributed by atoms with Crippen molar-refractivity contribution in [1.29, 1.82) is 0 Å². The lowest BCUT2D eigenvalue weighted by atomic mass is 10.1. The zero-order valence-electron chi connectivity index (χ0n) is 12.2. The maximum atomic E-state index is 8.71. The van der Waals surface area contributed by atoms with Crippen molar-refractivity contribution in [3.05, 3.63) is 54.1 Å². The second-order valence-electron chi connectivity index (χ2n) is 5.08. The molecule has 0 atom stereocenters. The van der Waals surface area contributed by atoms with Crippen molar-refractivity contribution in [2.45, 2.75) is 19.5 Å². The number of oxime groups is 1. The van der Waals surface area contributed by atoms with Crippen molar-refractivity contribution >= 4 is 5.84 Å². The number of nitrogens with zero attached hydrogens (tertiary/aromatic N) is 4. The summed E-state index contributed by atoms with van der Waals surface area (Å²) >= 11 is 0. The molecule has 0 fully saturated rings. The van der Waals surface area contributed by atoms with Crippen LogP contribution in [0.1, 0.15) is 17.5 Å². The maximum Gasteiger partial charge on any atom is 0.170 e. The Hall–Kier alpha value is -2.34. The molecule has 6 nitrogen and oxygen atoms in total. The Labute approximate surface area is 124 Å². The van der Waals surface area contributed by atoms with Crippen LogP contribution in [0.15, 0.2) is 48.1 Å². The molecule has 0 amide bonds. The Morgan fingerprint density at radius 2 is 2.33 bits per heavy atom. The van der Waals surface area contributed by atoms with Crippen molar-refractivity contribution in [3.63, 3.8) is 0 Å². The predicted molar refractivity (Wildman–Crippen MR) is 82.1 cm³/mol. The van der Waals surface area contributed by atoms with Gasteiger partial charge in [0.15, 0.2) is 5.84 Å². The molecule has 0 aliphatic heterocycles. The predicted octanol–water partition coefficient (Wildman–Crippen LogP) is 1.50. The lowest BCUT2D eigenvalue weighted by Crippen LogP contribution is -2.21. The number of amidine groups is 1. The van der Waals surface area contributed by atoms with E-state index in [0.29, 0.717) is 0 Å². The number of aromatic nitrogens is 2. The molecule has 6 heteroatoms. The molecule has 0 saturated heterocycles. The van der Waals surface area contributed by atoms with Crippen LogP contribution in [-0.4, -0.2) is 39.1 Å². The standard InChI is InChI=1S/C15H21N5O/c1-19(7-3-8-20-9-6-17-12-20)11-13-4-2-5-14(10-13)15(16)18-21/h2,4-6,9-10,12,21H,3,7-8,11H2,1H3,(H2,16,18). The first-order valence-corrected chi connectivity index (χ1v) is 6.90. The van der Waals surface area contributed by atoms with Crippen molar-refractivity contribution < 1.29 is 5.21 Å². The minimum Gasteiger partial charge on any atom is -0.409 e. The van der Waals surface area contributed by atoms with Crippen LogP contribution < -0.4 is 5.73 Å². The molecule has 21 heavy (non-hydrogen) atoms. The van der Waals surface area contributed by atoms with Gasteiger partial charge in [0.2, 0.25) is 0 Å². The molecule has 0 saturated carbocycles. The minimum atomic E-state index is 0.139. The van der Waals surface area contributed by atoms with Gasteiger partial charge in [0, 0.05) is 31.0 Å². The maximum absolute atomic E-state index is 8.71. The van der Waals surface area contributed by atoms with Gasteiger partial charge in [-0.1, -0.05) is 23.4 Å². The first kappa shape index (κ1) is 15.1. The number of aryl methyl sites for hydroxylation is 1. The molecule has 0 aliphatic carbocycles. The summed E-state index contributed by atoms with van der Waals surface area (Å²) in [7, 11) is 2.09. The number of hydrogen-bond acceptors (Lipinski definition) is 4. The Morgan fingerprint density at radius 3 is 3.05 bits per heavy atom. The van der Waals surface area contributed by atoms with Gasteiger partial charge in [0.1, 0.15) is 0 Å². The molecular formula is C15H21N5O. The van der Waals surface area contributed by atoms with Crippen molar-refractivity contribution in [1.82, 2.24) is 14.5 Å². The third-order valence-electron chi connectivity index (χ3n) is 3.30. The second-order valence-corrected chi connectivity index (χ2v) is 5.08. The summed E-state index contributed by atoms with van der Waals surface area (Å²) in [6, 6.07) is 7.74. The van der Waals surface area contributed by atoms with Crippen LogP contribution >= 0.6 is 0 Å². The highest BCUT2D eigenvalue weighted by molar-refractivity contribution is 5.97. The fourth-order valence-corrected chi connectivity index (χ4v) is 2.22. The van der Waals surface area contributed by atoms with Crippen LogP contribution in [0.3, 0.4) is 0 Å². The van der Waals surface area contributed by atoms with E-state index in [2.05, 4.69) is 26.7 Å². The monoisotopic (exact) mass is 287 g/mol. The van der Waals surface area contributed by atoms with Crippen LogP contribution in [0.5, 0.6) is 0 Å². The van der Waals surface area contributed by atoms with E-state index in [9.17, 15) is 0 Å². The van der Waals surface area contributed by atoms with Gasteiger partial charge in [-0.15, -0.1) is 0 Å². The summed E-state index contributed by atoms with van der Waals surface area (Å²) in [5.41, 5.74) is 7.49. The van der Waals surface area contributed by atoms with Crippen LogP contribution in [0.4, 0.5) is 0 Å². The van der Waals surface area contributed by atoms with E-state index in [1.54, 1.807) is 6.20 Å². The molecule has 0 aliphatic rings. The van der Waals surface area contributed by atoms with E-state index in [1.807, 2.05) is 36.8 Å². The highest BCUT2D eigenvalue weighted by atomic mass is 16.4. The highest BCUT2D eigenvalue weighted by Crippen LogP contribution is 2.08. The first-order valence-electron chi connectivity index (χ1n) is 6.90. The molecule has 0 radical (unpaired) electrons. The summed E-state index contributed by atoms with van der Waals surface area (Å²) in [6.45, 7) is 2.79. The Kier molecular flexibility index (Phi) is 5.34. The zero-order chi connectivity index (χ0) is 15.1. The fraction of sp³-hybridized carbons (Fsp3) is 0.333. The van der Waals surface area contributed by atoms with E-state index in [-0.39, 0.29) is 5.84 Å². The van der Waals surface area contributed by atoms with E-state index in [1.165, 1.54) is 0 Å². The number of nitrogens with two attached hydrogens (primary N) is 1. The smallest absolute Gasteiger partial charge is 0.170 e. The highest BCUT2D eigenvalue weighted by Gasteiger charge is 2.04. The van der Waals surface area contributed by atoms with Crippen LogP contribution in [-0.2, 0) is 13.1 Å². The van der Waals surface area contributed by atoms with Gasteiger partial charge in [-0.25, -0.2) is 4.98 Å². The molecule has 2 rings (SSSR count). The molecule has 0 unspecified atom stereocenters. The molecule has 0 spiro atoms. The SMILES string of the molecule is CN(CCCn1ccnc1)Cc1cccc(C(N)=NO)c1. The molecule has 1 aromatic carbocycles. The van der Waals surface area contributed by atoms with Crippen molar-refractivity contribution in [2.75, 3.05) is 13.6 Å². The van der Waals surface area contributed by atoms with E-state index in [0.717, 1.165) is 37.2 Å². The lowest BCUT2D eigenvalue weighted by Gasteiger charge is -2.17. The molecule has 1 aromatic heterocycles. The third kappa shape index (κ3) is 4.61. The van der Waals surface area contributed by atoms with Gasteiger partial charge in [0.05, 0.1) is 6.33 Å². The number of imidazole rings is 1. The number of hydrogen-bond donors (Lipinski definition) is 2. The second kappa shape index (κ2) is 7.44. The minimum absolute atomic E-state index is 0.139. The van der Waals surface area contributed by atoms with Gasteiger partial charge in [-0.2, -0.15) is 0 Å². The zero-order valence-corrected chi connectivity index (χ0v) is 12.2. The topological polar surface area (TPSA) is 79.7 Å². The third-order valence-corrected chi connectivity index (χ3v) is 3.30. The quantitative estimate of drug-likeness (QED) is 0.350. The van der Waals surface area contributed by atoms with E-state index >= 15 is 0 Å². The molecule has 112 valence electrons. The van der Waals surface area contributed by atoms with Gasteiger partial charge in [0.25, 0.3) is 0 Å². The van der Waals surface area contributed by atoms with Crippen molar-refractivity contribution in [3.8, 4) is 0 Å². The molecule has 0 bridgehead atoms. The molecule has 1 heterocycles. The van der Waals surface area contributed by atoms with Gasteiger partial charge in [-0.05, 0) is 31.6 Å². The van der Waals surface area contributed by atoms with Crippen LogP contribution in [0.25, 0.3) is 0 Å². The Morgan fingerprint density at radius 1 is 1.48 bits per heavy atom. The Bertz CT molecular complexity index is 580. The number of rotatable bonds is 7. The normalized spacial score (nSPS) is 12.0. The lowest BCUT2D eigenvalue weighted by molar-refractivity contribution is 0.314. The average molecular weight is 287 g/mol. The first-order chi connectivity index (χ1) is 10.2. The number of benzene rings is 1. The summed E-state index contributed by atoms with van der Waals surface area (Å²) in [5.74, 6) is 0.139. The fourth-order valence-electron chi connectivity index (χ4n) is 2.22. The van der Waals surface area contributed by atoms with Crippen LogP contribution in [0, 0.1) is 0 Å². The summed E-state index contributed by atoms with van der Waals surface area (Å²) < 4.78 is 2.08.